The Bertz CT molecular complexity index is 621. The lowest BCUT2D eigenvalue weighted by Crippen LogP contribution is -2.45. The van der Waals surface area contributed by atoms with E-state index in [2.05, 4.69) is 21.2 Å². The monoisotopic (exact) mass is 439 g/mol. The molecule has 0 aromatic carbocycles. The molecule has 1 atom stereocenters. The molecular formula is C15H19BrClNO5S. The second-order valence-electron chi connectivity index (χ2n) is 5.07. The van der Waals surface area contributed by atoms with Crippen LogP contribution in [0.2, 0.25) is 5.02 Å². The fourth-order valence-corrected chi connectivity index (χ4v) is 4.32. The third-order valence-corrected chi connectivity index (χ3v) is 5.30. The van der Waals surface area contributed by atoms with Gasteiger partial charge in [-0.1, -0.05) is 11.6 Å². The predicted octanol–water partition coefficient (Wildman–Crippen LogP) is 3.40. The van der Waals surface area contributed by atoms with Crippen LogP contribution in [-0.2, 0) is 29.4 Å². The topological polar surface area (TPSA) is 81.7 Å². The molecule has 0 spiro atoms. The molecule has 0 aliphatic carbocycles. The Balaban J connectivity index is 3.01. The van der Waals surface area contributed by atoms with Crippen molar-refractivity contribution in [1.29, 1.82) is 0 Å². The Morgan fingerprint density at radius 3 is 2.33 bits per heavy atom. The minimum Gasteiger partial charge on any atom is -0.466 e. The second kappa shape index (κ2) is 9.39. The van der Waals surface area contributed by atoms with Crippen LogP contribution in [-0.4, -0.2) is 31.1 Å². The van der Waals surface area contributed by atoms with E-state index in [4.69, 9.17) is 21.1 Å². The molecule has 1 heterocycles. The van der Waals surface area contributed by atoms with Crippen molar-refractivity contribution in [3.8, 4) is 0 Å². The van der Waals surface area contributed by atoms with E-state index in [9.17, 15) is 14.4 Å². The molecule has 0 aliphatic rings. The smallest absolute Gasteiger partial charge is 0.315 e. The molecule has 24 heavy (non-hydrogen) atoms. The first-order chi connectivity index (χ1) is 11.2. The summed E-state index contributed by atoms with van der Waals surface area (Å²) in [5.41, 5.74) is -1.09. The zero-order chi connectivity index (χ0) is 18.3. The second-order valence-corrected chi connectivity index (χ2v) is 7.91. The quantitative estimate of drug-likeness (QED) is 0.495. The van der Waals surface area contributed by atoms with Crippen molar-refractivity contribution in [2.75, 3.05) is 13.2 Å². The summed E-state index contributed by atoms with van der Waals surface area (Å²) < 4.78 is 10.5. The Morgan fingerprint density at radius 1 is 1.25 bits per heavy atom. The number of carbonyl (C=O) groups excluding carboxylic acids is 3. The van der Waals surface area contributed by atoms with E-state index in [-0.39, 0.29) is 19.6 Å². The van der Waals surface area contributed by atoms with Crippen molar-refractivity contribution in [2.45, 2.75) is 39.2 Å². The molecule has 0 radical (unpaired) electrons. The number of nitrogens with one attached hydrogen (secondary N) is 1. The van der Waals surface area contributed by atoms with Gasteiger partial charge in [0.2, 0.25) is 5.91 Å². The number of hydrogen-bond donors (Lipinski definition) is 1. The van der Waals surface area contributed by atoms with E-state index in [0.717, 1.165) is 3.79 Å². The lowest BCUT2D eigenvalue weighted by molar-refractivity contribution is -0.146. The summed E-state index contributed by atoms with van der Waals surface area (Å²) in [5, 5.41) is 3.12. The summed E-state index contributed by atoms with van der Waals surface area (Å²) in [5.74, 6) is -1.66. The molecule has 0 saturated carbocycles. The number of thiophene rings is 1. The summed E-state index contributed by atoms with van der Waals surface area (Å²) in [6.07, 6.45) is -0.543. The number of hydrogen-bond acceptors (Lipinski definition) is 6. The van der Waals surface area contributed by atoms with Crippen LogP contribution < -0.4 is 5.32 Å². The Kier molecular flexibility index (Phi) is 8.18. The molecule has 0 unspecified atom stereocenters. The van der Waals surface area contributed by atoms with E-state index >= 15 is 0 Å². The molecule has 1 amide bonds. The summed E-state index contributed by atoms with van der Waals surface area (Å²) in [6.45, 7) is 5.44. The van der Waals surface area contributed by atoms with Gasteiger partial charge in [-0.3, -0.25) is 14.4 Å². The predicted molar refractivity (Wildman–Crippen MR) is 95.0 cm³/mol. The maximum Gasteiger partial charge on any atom is 0.315 e. The van der Waals surface area contributed by atoms with E-state index in [1.807, 2.05) is 0 Å². The first kappa shape index (κ1) is 20.9. The van der Waals surface area contributed by atoms with E-state index in [1.54, 1.807) is 26.8 Å². The van der Waals surface area contributed by atoms with Crippen LogP contribution in [0.25, 0.3) is 0 Å². The first-order valence-corrected chi connectivity index (χ1v) is 9.28. The molecule has 0 bridgehead atoms. The largest absolute Gasteiger partial charge is 0.466 e. The van der Waals surface area contributed by atoms with Crippen LogP contribution >= 0.6 is 38.9 Å². The average Bonchev–Trinajstić information content (AvgIpc) is 2.78. The molecule has 134 valence electrons. The third-order valence-electron chi connectivity index (χ3n) is 2.99. The van der Waals surface area contributed by atoms with Crippen molar-refractivity contribution in [2.24, 2.45) is 0 Å². The molecule has 1 aromatic rings. The Morgan fingerprint density at radius 2 is 1.83 bits per heavy atom. The number of carbonyl (C=O) groups is 3. The van der Waals surface area contributed by atoms with Gasteiger partial charge in [-0.05, 0) is 42.8 Å². The zero-order valence-corrected chi connectivity index (χ0v) is 16.8. The maximum atomic E-state index is 12.2. The van der Waals surface area contributed by atoms with Gasteiger partial charge in [-0.2, -0.15) is 0 Å². The van der Waals surface area contributed by atoms with Gasteiger partial charge >= 0.3 is 11.9 Å². The van der Waals surface area contributed by atoms with E-state index < -0.39 is 29.8 Å². The highest BCUT2D eigenvalue weighted by Gasteiger charge is 2.36. The standard InChI is InChI=1S/C15H19BrClNO5S/c1-4-22-12(20)7-11(19)18-15(3,8-13(21)23-5-2)14-9(17)6-10(16)24-14/h6H,4-5,7-8H2,1-3H3,(H,18,19)/t15-/m0/s1. The van der Waals surface area contributed by atoms with Crippen molar-refractivity contribution in [3.63, 3.8) is 0 Å². The van der Waals surface area contributed by atoms with Gasteiger partial charge in [0.15, 0.2) is 0 Å². The lowest BCUT2D eigenvalue weighted by Gasteiger charge is -2.29. The molecule has 0 aliphatic heterocycles. The van der Waals surface area contributed by atoms with Crippen LogP contribution in [0.1, 0.15) is 38.5 Å². The molecular weight excluding hydrogens is 422 g/mol. The minimum atomic E-state index is -1.09. The summed E-state index contributed by atoms with van der Waals surface area (Å²) in [4.78, 5) is 36.2. The van der Waals surface area contributed by atoms with E-state index in [0.29, 0.717) is 9.90 Å². The highest BCUT2D eigenvalue weighted by Crippen LogP contribution is 2.40. The molecule has 6 nitrogen and oxygen atoms in total. The molecule has 0 fully saturated rings. The van der Waals surface area contributed by atoms with Gasteiger partial charge in [0.05, 0.1) is 38.9 Å². The number of halogens is 2. The van der Waals surface area contributed by atoms with Crippen molar-refractivity contribution in [3.05, 3.63) is 19.8 Å². The first-order valence-electron chi connectivity index (χ1n) is 7.29. The highest BCUT2D eigenvalue weighted by atomic mass is 79.9. The molecule has 1 rings (SSSR count). The minimum absolute atomic E-state index is 0.109. The Labute approximate surface area is 158 Å². The maximum absolute atomic E-state index is 12.2. The average molecular weight is 441 g/mol. The van der Waals surface area contributed by atoms with Gasteiger partial charge < -0.3 is 14.8 Å². The summed E-state index contributed by atoms with van der Waals surface area (Å²) in [6, 6.07) is 1.68. The number of rotatable bonds is 8. The number of esters is 2. The van der Waals surface area contributed by atoms with Crippen LogP contribution in [0.3, 0.4) is 0 Å². The molecule has 0 saturated heterocycles. The third kappa shape index (κ3) is 6.07. The number of amides is 1. The van der Waals surface area contributed by atoms with Gasteiger partial charge in [0, 0.05) is 0 Å². The molecule has 9 heteroatoms. The fourth-order valence-electron chi connectivity index (χ4n) is 2.09. The van der Waals surface area contributed by atoms with Crippen LogP contribution in [0.5, 0.6) is 0 Å². The van der Waals surface area contributed by atoms with Gasteiger partial charge in [-0.25, -0.2) is 0 Å². The SMILES string of the molecule is CCOC(=O)CC(=O)N[C@@](C)(CC(=O)OCC)c1sc(Br)cc1Cl. The molecule has 1 N–H and O–H groups in total. The van der Waals surface area contributed by atoms with Gasteiger partial charge in [-0.15, -0.1) is 11.3 Å². The normalized spacial score (nSPS) is 13.0. The van der Waals surface area contributed by atoms with Crippen molar-refractivity contribution >= 4 is 56.7 Å². The zero-order valence-electron chi connectivity index (χ0n) is 13.6. The van der Waals surface area contributed by atoms with Gasteiger partial charge in [0.25, 0.3) is 0 Å². The van der Waals surface area contributed by atoms with Gasteiger partial charge in [0.1, 0.15) is 6.42 Å². The Hall–Kier alpha value is -1.12. The summed E-state index contributed by atoms with van der Waals surface area (Å²) >= 11 is 10.8. The summed E-state index contributed by atoms with van der Waals surface area (Å²) in [7, 11) is 0. The van der Waals surface area contributed by atoms with E-state index in [1.165, 1.54) is 11.3 Å². The lowest BCUT2D eigenvalue weighted by atomic mass is 9.95. The molecule has 1 aromatic heterocycles. The highest BCUT2D eigenvalue weighted by molar-refractivity contribution is 9.11. The van der Waals surface area contributed by atoms with Crippen molar-refractivity contribution in [1.82, 2.24) is 5.32 Å². The number of ether oxygens (including phenoxy) is 2. The van der Waals surface area contributed by atoms with Crippen LogP contribution in [0.4, 0.5) is 0 Å². The van der Waals surface area contributed by atoms with Crippen LogP contribution in [0, 0.1) is 0 Å². The van der Waals surface area contributed by atoms with Crippen LogP contribution in [0.15, 0.2) is 9.85 Å². The fraction of sp³-hybridized carbons (Fsp3) is 0.533. The van der Waals surface area contributed by atoms with Crippen molar-refractivity contribution < 1.29 is 23.9 Å².